The maximum atomic E-state index is 12.2. The molecule has 154 valence electrons. The molecular formula is C24H40O3. The lowest BCUT2D eigenvalue weighted by Crippen LogP contribution is -2.64. The Labute approximate surface area is 165 Å². The Balaban J connectivity index is 1.68. The summed E-state index contributed by atoms with van der Waals surface area (Å²) in [6, 6.07) is 0. The molecule has 0 aromatic carbocycles. The maximum absolute atomic E-state index is 12.2. The van der Waals surface area contributed by atoms with E-state index >= 15 is 0 Å². The van der Waals surface area contributed by atoms with Crippen LogP contribution in [0.15, 0.2) is 0 Å². The maximum Gasteiger partial charge on any atom is 0.308 e. The molecule has 0 saturated heterocycles. The number of ether oxygens (including phenoxy) is 1. The minimum absolute atomic E-state index is 0.242. The Bertz CT molecular complexity index is 588. The number of carbonyl (C=O) groups excluding carboxylic acids is 1. The second-order valence-corrected chi connectivity index (χ2v) is 10.7. The lowest BCUT2D eigenvalue weighted by molar-refractivity contribution is -0.319. The fourth-order valence-electron chi connectivity index (χ4n) is 8.54. The predicted octanol–water partition coefficient (Wildman–Crippen LogP) is 5.70. The van der Waals surface area contributed by atoms with Crippen molar-refractivity contribution in [1.29, 1.82) is 0 Å². The summed E-state index contributed by atoms with van der Waals surface area (Å²) in [5.41, 5.74) is 0.219. The van der Waals surface area contributed by atoms with Crippen LogP contribution in [0.2, 0.25) is 0 Å². The molecule has 2 unspecified atom stereocenters. The molecule has 0 aromatic heterocycles. The molecule has 4 fully saturated rings. The lowest BCUT2D eigenvalue weighted by atomic mass is 9.43. The zero-order valence-electron chi connectivity index (χ0n) is 17.9. The molecule has 0 amide bonds. The topological polar surface area (TPSA) is 46.5 Å². The fraction of sp³-hybridized carbons (Fsp3) is 0.958. The first kappa shape index (κ1) is 19.7. The second kappa shape index (κ2) is 6.75. The molecule has 3 heteroatoms. The van der Waals surface area contributed by atoms with Gasteiger partial charge in [0.15, 0.2) is 0 Å². The molecule has 0 bridgehead atoms. The minimum atomic E-state index is -1.26. The number of carbonyl (C=O) groups is 1. The number of esters is 1. The van der Waals surface area contributed by atoms with Gasteiger partial charge in [-0.25, -0.2) is 0 Å². The number of aliphatic hydroxyl groups is 1. The molecule has 8 atom stereocenters. The van der Waals surface area contributed by atoms with Crippen molar-refractivity contribution in [3.63, 3.8) is 0 Å². The van der Waals surface area contributed by atoms with Gasteiger partial charge >= 0.3 is 5.97 Å². The summed E-state index contributed by atoms with van der Waals surface area (Å²) in [6.07, 6.45) is 12.2. The summed E-state index contributed by atoms with van der Waals surface area (Å²) in [5.74, 6) is 1.86. The van der Waals surface area contributed by atoms with Gasteiger partial charge in [-0.1, -0.05) is 34.1 Å². The van der Waals surface area contributed by atoms with Gasteiger partial charge in [0.2, 0.25) is 5.79 Å². The van der Waals surface area contributed by atoms with Crippen molar-refractivity contribution in [2.75, 3.05) is 0 Å². The van der Waals surface area contributed by atoms with Crippen LogP contribution in [-0.2, 0) is 9.53 Å². The van der Waals surface area contributed by atoms with E-state index in [0.29, 0.717) is 36.0 Å². The zero-order chi connectivity index (χ0) is 19.4. The highest BCUT2D eigenvalue weighted by Gasteiger charge is 2.66. The molecule has 0 aromatic rings. The monoisotopic (exact) mass is 376 g/mol. The van der Waals surface area contributed by atoms with Crippen LogP contribution >= 0.6 is 0 Å². The van der Waals surface area contributed by atoms with Crippen LogP contribution in [-0.4, -0.2) is 16.9 Å². The van der Waals surface area contributed by atoms with Crippen molar-refractivity contribution in [1.82, 2.24) is 0 Å². The summed E-state index contributed by atoms with van der Waals surface area (Å²) in [5, 5.41) is 11.7. The van der Waals surface area contributed by atoms with E-state index in [1.54, 1.807) is 0 Å². The number of fused-ring (bicyclic) bond motifs is 5. The number of rotatable bonds is 3. The largest absolute Gasteiger partial charge is 0.433 e. The number of hydrogen-bond donors (Lipinski definition) is 1. The van der Waals surface area contributed by atoms with Gasteiger partial charge in [-0.15, -0.1) is 0 Å². The summed E-state index contributed by atoms with van der Waals surface area (Å²) >= 11 is 0. The summed E-state index contributed by atoms with van der Waals surface area (Å²) in [6.45, 7) is 9.04. The predicted molar refractivity (Wildman–Crippen MR) is 107 cm³/mol. The van der Waals surface area contributed by atoms with Crippen LogP contribution in [0.3, 0.4) is 0 Å². The molecule has 27 heavy (non-hydrogen) atoms. The lowest BCUT2D eigenvalue weighted by Gasteiger charge is -2.64. The third kappa shape index (κ3) is 2.66. The van der Waals surface area contributed by atoms with E-state index in [9.17, 15) is 9.90 Å². The van der Waals surface area contributed by atoms with Gasteiger partial charge in [-0.05, 0) is 86.4 Å². The van der Waals surface area contributed by atoms with Crippen LogP contribution in [0, 0.1) is 40.4 Å². The molecule has 0 aliphatic heterocycles. The fourth-order valence-corrected chi connectivity index (χ4v) is 8.54. The van der Waals surface area contributed by atoms with Crippen LogP contribution in [0.25, 0.3) is 0 Å². The molecular weight excluding hydrogens is 336 g/mol. The number of hydrogen-bond acceptors (Lipinski definition) is 3. The molecule has 4 saturated carbocycles. The van der Waals surface area contributed by atoms with E-state index in [1.807, 2.05) is 6.92 Å². The highest BCUT2D eigenvalue weighted by molar-refractivity contribution is 5.69. The molecule has 4 aliphatic rings. The highest BCUT2D eigenvalue weighted by atomic mass is 16.7. The van der Waals surface area contributed by atoms with E-state index in [-0.39, 0.29) is 11.4 Å². The van der Waals surface area contributed by atoms with Gasteiger partial charge in [0.05, 0.1) is 0 Å². The second-order valence-electron chi connectivity index (χ2n) is 10.7. The van der Waals surface area contributed by atoms with Crippen molar-refractivity contribution in [3.05, 3.63) is 0 Å². The molecule has 4 rings (SSSR count). The van der Waals surface area contributed by atoms with Gasteiger partial charge in [0, 0.05) is 18.3 Å². The third-order valence-corrected chi connectivity index (χ3v) is 10.1. The first-order valence-corrected chi connectivity index (χ1v) is 11.7. The average Bonchev–Trinajstić information content (AvgIpc) is 2.99. The van der Waals surface area contributed by atoms with Gasteiger partial charge in [0.1, 0.15) is 0 Å². The summed E-state index contributed by atoms with van der Waals surface area (Å²) in [4.78, 5) is 12.2. The van der Waals surface area contributed by atoms with Crippen molar-refractivity contribution >= 4 is 5.97 Å². The normalized spacial score (nSPS) is 51.8. The van der Waals surface area contributed by atoms with Gasteiger partial charge < -0.3 is 9.84 Å². The highest BCUT2D eigenvalue weighted by Crippen LogP contribution is 2.69. The van der Waals surface area contributed by atoms with Crippen LogP contribution < -0.4 is 0 Å². The molecule has 1 N–H and O–H groups in total. The Hall–Kier alpha value is -0.570. The van der Waals surface area contributed by atoms with Crippen molar-refractivity contribution in [3.8, 4) is 0 Å². The Kier molecular flexibility index (Phi) is 4.93. The van der Waals surface area contributed by atoms with Gasteiger partial charge in [0.25, 0.3) is 0 Å². The standard InChI is InChI=1S/C24H40O3/c1-5-16-10-12-19-18-11-9-17-8-7-14-24(26,27-21(25)6-2)23(17,4)20(18)13-15-22(16,19)3/h16-20,26H,5-15H2,1-4H3/t16-,17?,18-,19-,20-,22+,23-,24?/m0/s1. The van der Waals surface area contributed by atoms with Crippen molar-refractivity contribution in [2.24, 2.45) is 40.4 Å². The molecule has 0 heterocycles. The van der Waals surface area contributed by atoms with Gasteiger partial charge in [-0.2, -0.15) is 0 Å². The first-order chi connectivity index (χ1) is 12.8. The summed E-state index contributed by atoms with van der Waals surface area (Å²) < 4.78 is 5.84. The molecule has 4 aliphatic carbocycles. The van der Waals surface area contributed by atoms with Crippen LogP contribution in [0.1, 0.15) is 98.3 Å². The quantitative estimate of drug-likeness (QED) is 0.508. The Morgan fingerprint density at radius 2 is 1.78 bits per heavy atom. The van der Waals surface area contributed by atoms with E-state index < -0.39 is 5.79 Å². The molecule has 0 spiro atoms. The average molecular weight is 377 g/mol. The van der Waals surface area contributed by atoms with E-state index in [0.717, 1.165) is 18.3 Å². The van der Waals surface area contributed by atoms with Crippen LogP contribution in [0.4, 0.5) is 0 Å². The molecule has 3 nitrogen and oxygen atoms in total. The van der Waals surface area contributed by atoms with E-state index in [4.69, 9.17) is 4.74 Å². The molecule has 0 radical (unpaired) electrons. The van der Waals surface area contributed by atoms with E-state index in [1.165, 1.54) is 51.4 Å². The first-order valence-electron chi connectivity index (χ1n) is 11.7. The SMILES string of the molecule is CCC(=O)OC1(O)CCCC2CC[C@H]3[C@@H]4CC[C@H](CC)[C@@]4(C)CC[C@@H]3[C@]21C. The van der Waals surface area contributed by atoms with Gasteiger partial charge in [-0.3, -0.25) is 4.79 Å². The minimum Gasteiger partial charge on any atom is -0.433 e. The zero-order valence-corrected chi connectivity index (χ0v) is 17.9. The smallest absolute Gasteiger partial charge is 0.308 e. The van der Waals surface area contributed by atoms with Crippen molar-refractivity contribution in [2.45, 2.75) is 104 Å². The van der Waals surface area contributed by atoms with E-state index in [2.05, 4.69) is 20.8 Å². The van der Waals surface area contributed by atoms with Crippen molar-refractivity contribution < 1.29 is 14.6 Å². The third-order valence-electron chi connectivity index (χ3n) is 10.1. The Morgan fingerprint density at radius 3 is 2.48 bits per heavy atom. The van der Waals surface area contributed by atoms with Crippen LogP contribution in [0.5, 0.6) is 0 Å². The Morgan fingerprint density at radius 1 is 1.00 bits per heavy atom. The summed E-state index contributed by atoms with van der Waals surface area (Å²) in [7, 11) is 0.